The molecule has 0 radical (unpaired) electrons. The molecule has 0 aliphatic carbocycles. The van der Waals surface area contributed by atoms with Gasteiger partial charge in [0.1, 0.15) is 6.61 Å². The second kappa shape index (κ2) is 8.14. The van der Waals surface area contributed by atoms with Gasteiger partial charge in [0.15, 0.2) is 0 Å². The number of benzene rings is 1. The average Bonchev–Trinajstić information content (AvgIpc) is 3.14. The van der Waals surface area contributed by atoms with Crippen LogP contribution in [0.4, 0.5) is 0 Å². The van der Waals surface area contributed by atoms with Crippen molar-refractivity contribution in [1.29, 1.82) is 0 Å². The monoisotopic (exact) mass is 337 g/mol. The zero-order valence-electron chi connectivity index (χ0n) is 14.0. The molecule has 0 N–H and O–H groups in total. The number of rotatable bonds is 7. The molecule has 1 aromatic carbocycles. The van der Waals surface area contributed by atoms with E-state index in [4.69, 9.17) is 4.74 Å². The highest BCUT2D eigenvalue weighted by atomic mass is 16.5. The number of hydrogen-bond acceptors (Lipinski definition) is 6. The first-order valence-electron chi connectivity index (χ1n) is 8.15. The Morgan fingerprint density at radius 1 is 1.08 bits per heavy atom. The molecular weight excluding hydrogens is 318 g/mol. The van der Waals surface area contributed by atoms with Crippen LogP contribution < -0.4 is 0 Å². The number of hydrogen-bond donors (Lipinski definition) is 0. The minimum absolute atomic E-state index is 0.0663. The second-order valence-corrected chi connectivity index (χ2v) is 5.54. The summed E-state index contributed by atoms with van der Waals surface area (Å²) in [5.74, 6) is -0.460. The third-order valence-electron chi connectivity index (χ3n) is 3.68. The number of carbonyl (C=O) groups is 1. The molecule has 128 valence electrons. The van der Waals surface area contributed by atoms with Crippen LogP contribution in [0.25, 0.3) is 0 Å². The fourth-order valence-electron chi connectivity index (χ4n) is 2.26. The molecule has 0 atom stereocenters. The Labute approximate surface area is 145 Å². The molecule has 0 fully saturated rings. The van der Waals surface area contributed by atoms with Crippen LogP contribution in [0.5, 0.6) is 0 Å². The molecule has 0 saturated carbocycles. The number of esters is 1. The largest absolute Gasteiger partial charge is 0.455 e. The Hall–Kier alpha value is -3.09. The summed E-state index contributed by atoms with van der Waals surface area (Å²) in [6.45, 7) is 3.02. The van der Waals surface area contributed by atoms with Crippen molar-refractivity contribution in [3.05, 3.63) is 71.6 Å². The summed E-state index contributed by atoms with van der Waals surface area (Å²) in [5.41, 5.74) is 2.78. The molecular formula is C18H19N5O2. The quantitative estimate of drug-likeness (QED) is 0.615. The lowest BCUT2D eigenvalue weighted by molar-refractivity contribution is 0.0458. The van der Waals surface area contributed by atoms with Gasteiger partial charge >= 0.3 is 5.97 Å². The topological polar surface area (TPSA) is 82.8 Å². The first-order chi connectivity index (χ1) is 12.2. The SMILES string of the molecule is CCn1cc(CCc2cnc(C(=O)OCc3ccccc3)nc2)nn1. The molecule has 0 spiro atoms. The smallest absolute Gasteiger partial charge is 0.376 e. The van der Waals surface area contributed by atoms with Crippen LogP contribution >= 0.6 is 0 Å². The van der Waals surface area contributed by atoms with Crippen molar-refractivity contribution in [2.24, 2.45) is 0 Å². The predicted molar refractivity (Wildman–Crippen MR) is 90.7 cm³/mol. The summed E-state index contributed by atoms with van der Waals surface area (Å²) in [4.78, 5) is 20.2. The maximum absolute atomic E-state index is 12.0. The van der Waals surface area contributed by atoms with Gasteiger partial charge < -0.3 is 4.74 Å². The van der Waals surface area contributed by atoms with Crippen molar-refractivity contribution in [3.63, 3.8) is 0 Å². The number of aryl methyl sites for hydroxylation is 3. The number of aromatic nitrogens is 5. The second-order valence-electron chi connectivity index (χ2n) is 5.54. The third-order valence-corrected chi connectivity index (χ3v) is 3.68. The van der Waals surface area contributed by atoms with Crippen LogP contribution in [0.15, 0.2) is 48.9 Å². The summed E-state index contributed by atoms with van der Waals surface area (Å²) >= 11 is 0. The van der Waals surface area contributed by atoms with Crippen molar-refractivity contribution in [1.82, 2.24) is 25.0 Å². The Bertz CT molecular complexity index is 815. The van der Waals surface area contributed by atoms with E-state index in [1.807, 2.05) is 43.5 Å². The summed E-state index contributed by atoms with van der Waals surface area (Å²) in [7, 11) is 0. The van der Waals surface area contributed by atoms with Crippen molar-refractivity contribution in [2.45, 2.75) is 32.9 Å². The highest BCUT2D eigenvalue weighted by Gasteiger charge is 2.11. The molecule has 25 heavy (non-hydrogen) atoms. The van der Waals surface area contributed by atoms with E-state index in [-0.39, 0.29) is 12.4 Å². The maximum atomic E-state index is 12.0. The summed E-state index contributed by atoms with van der Waals surface area (Å²) in [5, 5.41) is 8.10. The minimum Gasteiger partial charge on any atom is -0.455 e. The Morgan fingerprint density at radius 2 is 1.84 bits per heavy atom. The highest BCUT2D eigenvalue weighted by molar-refractivity contribution is 5.84. The van der Waals surface area contributed by atoms with Gasteiger partial charge in [-0.15, -0.1) is 5.10 Å². The van der Waals surface area contributed by atoms with Crippen molar-refractivity contribution in [2.75, 3.05) is 0 Å². The van der Waals surface area contributed by atoms with Crippen LogP contribution in [0.1, 0.15) is 34.4 Å². The Morgan fingerprint density at radius 3 is 2.52 bits per heavy atom. The fourth-order valence-corrected chi connectivity index (χ4v) is 2.26. The van der Waals surface area contributed by atoms with Gasteiger partial charge in [0.2, 0.25) is 5.82 Å². The van der Waals surface area contributed by atoms with Crippen LogP contribution in [-0.2, 0) is 30.7 Å². The van der Waals surface area contributed by atoms with E-state index in [1.54, 1.807) is 17.1 Å². The lowest BCUT2D eigenvalue weighted by Gasteiger charge is -2.04. The Balaban J connectivity index is 1.51. The van der Waals surface area contributed by atoms with Crippen molar-refractivity contribution < 1.29 is 9.53 Å². The van der Waals surface area contributed by atoms with Gasteiger partial charge in [-0.25, -0.2) is 14.8 Å². The van der Waals surface area contributed by atoms with E-state index in [0.717, 1.165) is 36.2 Å². The van der Waals surface area contributed by atoms with E-state index in [0.29, 0.717) is 0 Å². The van der Waals surface area contributed by atoms with E-state index in [2.05, 4.69) is 20.3 Å². The minimum atomic E-state index is -0.527. The molecule has 0 aliphatic rings. The molecule has 0 unspecified atom stereocenters. The summed E-state index contributed by atoms with van der Waals surface area (Å²) < 4.78 is 7.00. The van der Waals surface area contributed by atoms with Gasteiger partial charge in [-0.2, -0.15) is 0 Å². The highest BCUT2D eigenvalue weighted by Crippen LogP contribution is 2.06. The molecule has 3 rings (SSSR count). The van der Waals surface area contributed by atoms with Crippen LogP contribution in [0, 0.1) is 0 Å². The standard InChI is InChI=1S/C18H19N5O2/c1-2-23-12-16(21-22-23)9-8-15-10-19-17(20-11-15)18(24)25-13-14-6-4-3-5-7-14/h3-7,10-12H,2,8-9,13H2,1H3. The fraction of sp³-hybridized carbons (Fsp3) is 0.278. The third kappa shape index (κ3) is 4.69. The van der Waals surface area contributed by atoms with Crippen LogP contribution in [0.2, 0.25) is 0 Å². The molecule has 0 bridgehead atoms. The maximum Gasteiger partial charge on any atom is 0.376 e. The van der Waals surface area contributed by atoms with Crippen molar-refractivity contribution in [3.8, 4) is 0 Å². The van der Waals surface area contributed by atoms with Gasteiger partial charge in [0, 0.05) is 25.1 Å². The van der Waals surface area contributed by atoms with E-state index in [9.17, 15) is 4.79 Å². The van der Waals surface area contributed by atoms with Crippen LogP contribution in [-0.4, -0.2) is 30.9 Å². The molecule has 3 aromatic rings. The lowest BCUT2D eigenvalue weighted by Crippen LogP contribution is -2.10. The van der Waals surface area contributed by atoms with E-state index in [1.165, 1.54) is 0 Å². The van der Waals surface area contributed by atoms with Crippen molar-refractivity contribution >= 4 is 5.97 Å². The zero-order valence-corrected chi connectivity index (χ0v) is 14.0. The zero-order chi connectivity index (χ0) is 17.5. The van der Waals surface area contributed by atoms with Gasteiger partial charge in [-0.1, -0.05) is 35.5 Å². The Kier molecular flexibility index (Phi) is 5.46. The van der Waals surface area contributed by atoms with E-state index < -0.39 is 5.97 Å². The molecule has 2 aromatic heterocycles. The van der Waals surface area contributed by atoms with Gasteiger partial charge in [-0.05, 0) is 30.9 Å². The molecule has 0 amide bonds. The lowest BCUT2D eigenvalue weighted by atomic mass is 10.1. The molecule has 7 nitrogen and oxygen atoms in total. The molecule has 2 heterocycles. The predicted octanol–water partition coefficient (Wildman–Crippen LogP) is 2.23. The van der Waals surface area contributed by atoms with Crippen LogP contribution in [0.3, 0.4) is 0 Å². The molecule has 0 saturated heterocycles. The van der Waals surface area contributed by atoms with Gasteiger partial charge in [0.25, 0.3) is 0 Å². The number of carbonyl (C=O) groups excluding carboxylic acids is 1. The van der Waals surface area contributed by atoms with Gasteiger partial charge in [-0.3, -0.25) is 4.68 Å². The van der Waals surface area contributed by atoms with Gasteiger partial charge in [0.05, 0.1) is 5.69 Å². The first-order valence-corrected chi connectivity index (χ1v) is 8.15. The first kappa shape index (κ1) is 16.8. The summed E-state index contributed by atoms with van der Waals surface area (Å²) in [6.07, 6.45) is 6.71. The average molecular weight is 337 g/mol. The molecule has 7 heteroatoms. The summed E-state index contributed by atoms with van der Waals surface area (Å²) in [6, 6.07) is 9.49. The van der Waals surface area contributed by atoms with E-state index >= 15 is 0 Å². The number of nitrogens with zero attached hydrogens (tertiary/aromatic N) is 5. The molecule has 0 aliphatic heterocycles. The normalized spacial score (nSPS) is 10.6. The number of ether oxygens (including phenoxy) is 1.